The normalized spacial score (nSPS) is 26.8. The van der Waals surface area contributed by atoms with Crippen LogP contribution in [0.15, 0.2) is 30.3 Å². The van der Waals surface area contributed by atoms with Crippen molar-refractivity contribution in [1.82, 2.24) is 9.80 Å². The topological polar surface area (TPSA) is 32.8 Å². The highest BCUT2D eigenvalue weighted by Gasteiger charge is 2.48. The van der Waals surface area contributed by atoms with Gasteiger partial charge in [0.05, 0.1) is 17.5 Å². The average Bonchev–Trinajstić information content (AvgIpc) is 2.47. The highest BCUT2D eigenvalue weighted by atomic mass is 32.2. The molecule has 0 saturated carbocycles. The number of rotatable bonds is 3. The molecule has 0 N–H and O–H groups in total. The van der Waals surface area contributed by atoms with E-state index >= 15 is 0 Å². The van der Waals surface area contributed by atoms with Gasteiger partial charge >= 0.3 is 6.09 Å². The van der Waals surface area contributed by atoms with E-state index in [0.717, 1.165) is 19.5 Å². The number of carbonyl (C=O) groups excluding carboxylic acids is 1. The molecule has 20 heavy (non-hydrogen) atoms. The lowest BCUT2D eigenvalue weighted by Crippen LogP contribution is -2.71. The van der Waals surface area contributed by atoms with Gasteiger partial charge in [0.25, 0.3) is 0 Å². The lowest BCUT2D eigenvalue weighted by atomic mass is 9.88. The van der Waals surface area contributed by atoms with Crippen LogP contribution in [-0.4, -0.2) is 52.7 Å². The van der Waals surface area contributed by atoms with E-state index in [9.17, 15) is 4.79 Å². The average molecular weight is 292 g/mol. The van der Waals surface area contributed by atoms with Gasteiger partial charge in [0.1, 0.15) is 5.75 Å². The summed E-state index contributed by atoms with van der Waals surface area (Å²) < 4.78 is 5.44. The number of piperidine rings is 1. The third-order valence-corrected chi connectivity index (χ3v) is 5.22. The van der Waals surface area contributed by atoms with Gasteiger partial charge in [-0.2, -0.15) is 0 Å². The highest BCUT2D eigenvalue weighted by molar-refractivity contribution is 7.99. The molecule has 2 bridgehead atoms. The Morgan fingerprint density at radius 2 is 1.95 bits per heavy atom. The Labute approximate surface area is 124 Å². The van der Waals surface area contributed by atoms with Gasteiger partial charge in [0.2, 0.25) is 0 Å². The van der Waals surface area contributed by atoms with Crippen LogP contribution in [0.5, 0.6) is 5.75 Å². The second-order valence-corrected chi connectivity index (χ2v) is 6.57. The standard InChI is InChI=1S/C15H20N2O2S/c1-11(20-2)16-9-12-8-13(10-16)17(12)15(18)19-14-6-4-3-5-7-14/h3-7,11-13H,8-10H2,1-2H3. The number of fused-ring (bicyclic) bond motifs is 2. The summed E-state index contributed by atoms with van der Waals surface area (Å²) in [6.07, 6.45) is 3.04. The Balaban J connectivity index is 1.59. The maximum absolute atomic E-state index is 12.2. The number of hydrogen-bond acceptors (Lipinski definition) is 4. The SMILES string of the molecule is CSC(C)N1CC2CC(C1)N2C(=O)Oc1ccccc1. The van der Waals surface area contributed by atoms with Crippen molar-refractivity contribution < 1.29 is 9.53 Å². The van der Waals surface area contributed by atoms with Crippen molar-refractivity contribution in [3.05, 3.63) is 30.3 Å². The number of hydrogen-bond donors (Lipinski definition) is 0. The molecule has 1 amide bonds. The zero-order valence-electron chi connectivity index (χ0n) is 11.9. The summed E-state index contributed by atoms with van der Waals surface area (Å²) >= 11 is 1.86. The minimum absolute atomic E-state index is 0.200. The minimum atomic E-state index is -0.200. The van der Waals surface area contributed by atoms with Crippen molar-refractivity contribution in [1.29, 1.82) is 0 Å². The van der Waals surface area contributed by atoms with Crippen LogP contribution in [-0.2, 0) is 0 Å². The van der Waals surface area contributed by atoms with E-state index in [1.807, 2.05) is 47.0 Å². The molecule has 1 aromatic rings. The first-order valence-electron chi connectivity index (χ1n) is 7.01. The molecule has 3 saturated heterocycles. The largest absolute Gasteiger partial charge is 0.415 e. The number of thioether (sulfide) groups is 1. The van der Waals surface area contributed by atoms with Crippen LogP contribution in [0.4, 0.5) is 4.79 Å². The fourth-order valence-corrected chi connectivity index (χ4v) is 3.50. The molecular weight excluding hydrogens is 272 g/mol. The predicted octanol–water partition coefficient (Wildman–Crippen LogP) is 2.65. The van der Waals surface area contributed by atoms with E-state index in [4.69, 9.17) is 4.74 Å². The third kappa shape index (κ3) is 2.52. The molecule has 3 aliphatic rings. The fourth-order valence-electron chi connectivity index (χ4n) is 3.03. The molecule has 0 radical (unpaired) electrons. The van der Waals surface area contributed by atoms with E-state index < -0.39 is 0 Å². The Morgan fingerprint density at radius 3 is 2.55 bits per heavy atom. The summed E-state index contributed by atoms with van der Waals surface area (Å²) in [6.45, 7) is 4.15. The van der Waals surface area contributed by atoms with Crippen molar-refractivity contribution in [2.45, 2.75) is 30.8 Å². The lowest BCUT2D eigenvalue weighted by molar-refractivity contribution is -0.0501. The molecule has 3 atom stereocenters. The van der Waals surface area contributed by atoms with Gasteiger partial charge in [0, 0.05) is 13.1 Å². The molecule has 108 valence electrons. The van der Waals surface area contributed by atoms with Crippen molar-refractivity contribution in [2.24, 2.45) is 0 Å². The van der Waals surface area contributed by atoms with Crippen molar-refractivity contribution in [3.63, 3.8) is 0 Å². The Bertz CT molecular complexity index is 470. The smallest absolute Gasteiger partial charge is 0.410 e. The van der Waals surface area contributed by atoms with Gasteiger partial charge in [-0.3, -0.25) is 9.80 Å². The van der Waals surface area contributed by atoms with Crippen LogP contribution in [0, 0.1) is 0 Å². The monoisotopic (exact) mass is 292 g/mol. The van der Waals surface area contributed by atoms with Crippen LogP contribution in [0.3, 0.4) is 0 Å². The Hall–Kier alpha value is -1.20. The van der Waals surface area contributed by atoms with Gasteiger partial charge in [-0.1, -0.05) is 18.2 Å². The number of benzene rings is 1. The summed E-state index contributed by atoms with van der Waals surface area (Å²) in [5.74, 6) is 0.622. The first-order chi connectivity index (χ1) is 9.69. The third-order valence-electron chi connectivity index (χ3n) is 4.24. The van der Waals surface area contributed by atoms with E-state index in [1.165, 1.54) is 0 Å². The zero-order chi connectivity index (χ0) is 14.1. The number of amides is 1. The van der Waals surface area contributed by atoms with Crippen LogP contribution < -0.4 is 4.74 Å². The van der Waals surface area contributed by atoms with Crippen molar-refractivity contribution >= 4 is 17.9 Å². The zero-order valence-corrected chi connectivity index (χ0v) is 12.7. The number of para-hydroxylation sites is 1. The maximum atomic E-state index is 12.2. The van der Waals surface area contributed by atoms with Gasteiger partial charge in [-0.05, 0) is 31.7 Å². The lowest BCUT2D eigenvalue weighted by Gasteiger charge is -2.56. The molecule has 5 heteroatoms. The molecule has 3 unspecified atom stereocenters. The van der Waals surface area contributed by atoms with Gasteiger partial charge < -0.3 is 4.74 Å². The first-order valence-corrected chi connectivity index (χ1v) is 8.30. The number of carbonyl (C=O) groups is 1. The second kappa shape index (κ2) is 5.66. The van der Waals surface area contributed by atoms with Crippen LogP contribution in [0.2, 0.25) is 0 Å². The van der Waals surface area contributed by atoms with E-state index in [2.05, 4.69) is 18.1 Å². The summed E-state index contributed by atoms with van der Waals surface area (Å²) in [4.78, 5) is 16.6. The molecule has 4 rings (SSSR count). The molecule has 1 aromatic carbocycles. The van der Waals surface area contributed by atoms with Gasteiger partial charge in [0.15, 0.2) is 0 Å². The van der Waals surface area contributed by atoms with Crippen LogP contribution >= 0.6 is 11.8 Å². The van der Waals surface area contributed by atoms with Crippen molar-refractivity contribution in [2.75, 3.05) is 19.3 Å². The number of nitrogens with zero attached hydrogens (tertiary/aromatic N) is 2. The van der Waals surface area contributed by atoms with E-state index in [-0.39, 0.29) is 6.09 Å². The predicted molar refractivity (Wildman–Crippen MR) is 81.0 cm³/mol. The summed E-state index contributed by atoms with van der Waals surface area (Å²) in [6, 6.07) is 9.94. The van der Waals surface area contributed by atoms with E-state index in [1.54, 1.807) is 0 Å². The molecule has 3 fully saturated rings. The highest BCUT2D eigenvalue weighted by Crippen LogP contribution is 2.35. The summed E-state index contributed by atoms with van der Waals surface area (Å²) in [7, 11) is 0. The summed E-state index contributed by atoms with van der Waals surface area (Å²) in [5.41, 5.74) is 0. The second-order valence-electron chi connectivity index (χ2n) is 5.42. The molecule has 0 aromatic heterocycles. The quantitative estimate of drug-likeness (QED) is 0.857. The molecule has 0 aliphatic carbocycles. The Morgan fingerprint density at radius 1 is 1.30 bits per heavy atom. The minimum Gasteiger partial charge on any atom is -0.410 e. The van der Waals surface area contributed by atoms with Crippen LogP contribution in [0.25, 0.3) is 0 Å². The summed E-state index contributed by atoms with van der Waals surface area (Å²) in [5, 5.41) is 0.521. The molecule has 4 nitrogen and oxygen atoms in total. The van der Waals surface area contributed by atoms with Gasteiger partial charge in [-0.15, -0.1) is 11.8 Å². The number of ether oxygens (including phenoxy) is 1. The molecule has 0 spiro atoms. The Kier molecular flexibility index (Phi) is 3.89. The fraction of sp³-hybridized carbons (Fsp3) is 0.533. The molecule has 3 aliphatic heterocycles. The molecular formula is C15H20N2O2S. The number of piperazine rings is 1. The van der Waals surface area contributed by atoms with Crippen LogP contribution in [0.1, 0.15) is 13.3 Å². The van der Waals surface area contributed by atoms with Gasteiger partial charge in [-0.25, -0.2) is 4.79 Å². The molecule has 3 heterocycles. The maximum Gasteiger partial charge on any atom is 0.415 e. The van der Waals surface area contributed by atoms with E-state index in [0.29, 0.717) is 23.2 Å². The van der Waals surface area contributed by atoms with Crippen molar-refractivity contribution in [3.8, 4) is 5.75 Å². The first kappa shape index (κ1) is 13.8.